The minimum absolute atomic E-state index is 0.197. The van der Waals surface area contributed by atoms with Crippen molar-refractivity contribution >= 4 is 15.8 Å². The summed E-state index contributed by atoms with van der Waals surface area (Å²) in [6.45, 7) is 4.07. The number of benzene rings is 1. The van der Waals surface area contributed by atoms with Gasteiger partial charge in [0.1, 0.15) is 0 Å². The van der Waals surface area contributed by atoms with Crippen LogP contribution in [0.25, 0.3) is 0 Å². The van der Waals surface area contributed by atoms with E-state index in [-0.39, 0.29) is 17.4 Å². The quantitative estimate of drug-likeness (QED) is 0.794. The minimum atomic E-state index is -3.65. The summed E-state index contributed by atoms with van der Waals surface area (Å²) >= 11 is 0. The maximum atomic E-state index is 12.5. The maximum Gasteiger partial charge on any atom is 0.325 e. The van der Waals surface area contributed by atoms with Crippen LogP contribution in [0.5, 0.6) is 0 Å². The number of carbonyl (C=O) groups is 1. The Kier molecular flexibility index (Phi) is 3.94. The number of hydrogen-bond donors (Lipinski definition) is 0. The van der Waals surface area contributed by atoms with Crippen LogP contribution >= 0.6 is 0 Å². The van der Waals surface area contributed by atoms with E-state index in [4.69, 9.17) is 4.74 Å². The Morgan fingerprint density at radius 1 is 1.26 bits per heavy atom. The molecule has 1 heterocycles. The van der Waals surface area contributed by atoms with Gasteiger partial charge in [0.25, 0.3) is 0 Å². The third kappa shape index (κ3) is 2.66. The zero-order valence-corrected chi connectivity index (χ0v) is 11.9. The second kappa shape index (κ2) is 5.33. The normalized spacial score (nSPS) is 23.4. The smallest absolute Gasteiger partial charge is 0.325 e. The predicted octanol–water partition coefficient (Wildman–Crippen LogP) is 2.11. The molecule has 0 aromatic heterocycles. The summed E-state index contributed by atoms with van der Waals surface area (Å²) in [7, 11) is -3.65. The molecule has 19 heavy (non-hydrogen) atoms. The number of carbonyl (C=O) groups excluding carboxylic acids is 1. The number of aryl methyl sites for hydroxylation is 1. The van der Waals surface area contributed by atoms with Gasteiger partial charge < -0.3 is 4.74 Å². The fourth-order valence-corrected chi connectivity index (χ4v) is 4.26. The molecular weight excluding hydrogens is 264 g/mol. The van der Waals surface area contributed by atoms with Crippen molar-refractivity contribution in [2.75, 3.05) is 6.61 Å². The molecule has 104 valence electrons. The molecule has 0 radical (unpaired) electrons. The molecule has 1 aliphatic heterocycles. The maximum absolute atomic E-state index is 12.5. The summed E-state index contributed by atoms with van der Waals surface area (Å²) in [6, 6.07) is 6.59. The first-order valence-electron chi connectivity index (χ1n) is 6.44. The van der Waals surface area contributed by atoms with Gasteiger partial charge in [-0.15, -0.1) is 0 Å². The van der Waals surface area contributed by atoms with Crippen LogP contribution in [-0.2, 0) is 19.4 Å². The van der Waals surface area contributed by atoms with Gasteiger partial charge in [0, 0.05) is 5.92 Å². The molecule has 1 aromatic rings. The van der Waals surface area contributed by atoms with Gasteiger partial charge in [-0.3, -0.25) is 4.79 Å². The molecule has 4 nitrogen and oxygen atoms in total. The first-order chi connectivity index (χ1) is 8.96. The lowest BCUT2D eigenvalue weighted by molar-refractivity contribution is -0.137. The van der Waals surface area contributed by atoms with E-state index in [1.54, 1.807) is 24.3 Å². The van der Waals surface area contributed by atoms with Gasteiger partial charge in [0.05, 0.1) is 11.5 Å². The summed E-state index contributed by atoms with van der Waals surface area (Å²) < 4.78 is 30.0. The molecule has 2 atom stereocenters. The predicted molar refractivity (Wildman–Crippen MR) is 71.5 cm³/mol. The second-order valence-electron chi connectivity index (χ2n) is 4.96. The first kappa shape index (κ1) is 14.1. The topological polar surface area (TPSA) is 60.4 Å². The molecule has 0 bridgehead atoms. The monoisotopic (exact) mass is 282 g/mol. The Balaban J connectivity index is 2.37. The summed E-state index contributed by atoms with van der Waals surface area (Å²) in [4.78, 5) is 11.9. The molecule has 1 aliphatic rings. The molecule has 0 aliphatic carbocycles. The van der Waals surface area contributed by atoms with E-state index in [9.17, 15) is 13.2 Å². The molecule has 0 amide bonds. The highest BCUT2D eigenvalue weighted by molar-refractivity contribution is 7.92. The average molecular weight is 282 g/mol. The molecule has 1 saturated heterocycles. The Bertz CT molecular complexity index is 560. The summed E-state index contributed by atoms with van der Waals surface area (Å²) in [5, 5.41) is -1.05. The van der Waals surface area contributed by atoms with E-state index in [0.29, 0.717) is 6.42 Å². The van der Waals surface area contributed by atoms with E-state index in [1.165, 1.54) is 0 Å². The third-order valence-electron chi connectivity index (χ3n) is 3.44. The summed E-state index contributed by atoms with van der Waals surface area (Å²) in [5.74, 6) is -0.845. The Labute approximate surface area is 113 Å². The lowest BCUT2D eigenvalue weighted by Gasteiger charge is -2.15. The van der Waals surface area contributed by atoms with Crippen LogP contribution < -0.4 is 0 Å². The van der Waals surface area contributed by atoms with Crippen molar-refractivity contribution < 1.29 is 17.9 Å². The molecule has 2 rings (SSSR count). The van der Waals surface area contributed by atoms with Crippen LogP contribution in [0.2, 0.25) is 0 Å². The third-order valence-corrected chi connectivity index (χ3v) is 5.62. The number of esters is 1. The van der Waals surface area contributed by atoms with Gasteiger partial charge in [-0.05, 0) is 25.5 Å². The standard InChI is InChI=1S/C14H18O4S/c1-3-4-11-9-18-14(15)13(11)19(16,17)12-7-5-10(2)6-8-12/h5-8,11,13H,3-4,9H2,1-2H3/t11-,13?/m0/s1. The van der Waals surface area contributed by atoms with Crippen molar-refractivity contribution in [3.05, 3.63) is 29.8 Å². The molecule has 5 heteroatoms. The number of sulfone groups is 1. The molecule has 0 saturated carbocycles. The van der Waals surface area contributed by atoms with Crippen LogP contribution in [-0.4, -0.2) is 26.2 Å². The largest absolute Gasteiger partial charge is 0.464 e. The van der Waals surface area contributed by atoms with Crippen LogP contribution in [0.15, 0.2) is 29.2 Å². The van der Waals surface area contributed by atoms with Gasteiger partial charge in [-0.25, -0.2) is 8.42 Å². The first-order valence-corrected chi connectivity index (χ1v) is 7.98. The van der Waals surface area contributed by atoms with Crippen molar-refractivity contribution in [1.82, 2.24) is 0 Å². The van der Waals surface area contributed by atoms with Gasteiger partial charge in [-0.1, -0.05) is 31.0 Å². The fourth-order valence-electron chi connectivity index (χ4n) is 2.41. The lowest BCUT2D eigenvalue weighted by atomic mass is 10.0. The van der Waals surface area contributed by atoms with Crippen molar-refractivity contribution in [2.45, 2.75) is 36.8 Å². The fraction of sp³-hybridized carbons (Fsp3) is 0.500. The van der Waals surface area contributed by atoms with Crippen LogP contribution in [0.4, 0.5) is 0 Å². The van der Waals surface area contributed by atoms with Crippen LogP contribution in [0, 0.1) is 12.8 Å². The van der Waals surface area contributed by atoms with Crippen LogP contribution in [0.3, 0.4) is 0 Å². The molecule has 1 unspecified atom stereocenters. The van der Waals surface area contributed by atoms with E-state index < -0.39 is 21.1 Å². The average Bonchev–Trinajstić information content (AvgIpc) is 2.72. The van der Waals surface area contributed by atoms with Gasteiger partial charge in [0.2, 0.25) is 0 Å². The summed E-state index contributed by atoms with van der Waals surface area (Å²) in [5.41, 5.74) is 0.984. The van der Waals surface area contributed by atoms with Crippen LogP contribution in [0.1, 0.15) is 25.3 Å². The highest BCUT2D eigenvalue weighted by Crippen LogP contribution is 2.30. The number of ether oxygens (including phenoxy) is 1. The molecular formula is C14H18O4S. The number of cyclic esters (lactones) is 1. The van der Waals surface area contributed by atoms with Gasteiger partial charge in [0.15, 0.2) is 15.1 Å². The van der Waals surface area contributed by atoms with E-state index in [2.05, 4.69) is 0 Å². The number of hydrogen-bond acceptors (Lipinski definition) is 4. The molecule has 1 fully saturated rings. The van der Waals surface area contributed by atoms with Crippen molar-refractivity contribution in [3.63, 3.8) is 0 Å². The Hall–Kier alpha value is -1.36. The number of rotatable bonds is 4. The highest BCUT2D eigenvalue weighted by Gasteiger charge is 2.46. The Morgan fingerprint density at radius 3 is 2.47 bits per heavy atom. The molecule has 1 aromatic carbocycles. The van der Waals surface area contributed by atoms with E-state index in [0.717, 1.165) is 12.0 Å². The van der Waals surface area contributed by atoms with Gasteiger partial charge in [-0.2, -0.15) is 0 Å². The SMILES string of the molecule is CCC[C@H]1COC(=O)C1S(=O)(=O)c1ccc(C)cc1. The zero-order chi connectivity index (χ0) is 14.0. The molecule has 0 N–H and O–H groups in total. The minimum Gasteiger partial charge on any atom is -0.464 e. The van der Waals surface area contributed by atoms with Gasteiger partial charge >= 0.3 is 5.97 Å². The Morgan fingerprint density at radius 2 is 1.89 bits per heavy atom. The second-order valence-corrected chi connectivity index (χ2v) is 7.03. The van der Waals surface area contributed by atoms with Crippen molar-refractivity contribution in [2.24, 2.45) is 5.92 Å². The lowest BCUT2D eigenvalue weighted by Crippen LogP contribution is -2.32. The zero-order valence-electron chi connectivity index (χ0n) is 11.1. The van der Waals surface area contributed by atoms with Crippen molar-refractivity contribution in [3.8, 4) is 0 Å². The van der Waals surface area contributed by atoms with E-state index >= 15 is 0 Å². The molecule has 0 spiro atoms. The van der Waals surface area contributed by atoms with E-state index in [1.807, 2.05) is 13.8 Å². The summed E-state index contributed by atoms with van der Waals surface area (Å²) in [6.07, 6.45) is 1.52. The highest BCUT2D eigenvalue weighted by atomic mass is 32.2. The van der Waals surface area contributed by atoms with Crippen molar-refractivity contribution in [1.29, 1.82) is 0 Å².